The molecule has 6 aromatic rings. The van der Waals surface area contributed by atoms with Crippen molar-refractivity contribution in [1.29, 1.82) is 0 Å². The van der Waals surface area contributed by atoms with E-state index >= 15 is 0 Å². The number of aromatic nitrogens is 2. The zero-order valence-electron chi connectivity index (χ0n) is 19.3. The minimum Gasteiger partial charge on any atom is -0.320 e. The van der Waals surface area contributed by atoms with Crippen LogP contribution in [-0.2, 0) is 6.67 Å². The van der Waals surface area contributed by atoms with Crippen molar-refractivity contribution in [3.8, 4) is 5.69 Å². The van der Waals surface area contributed by atoms with Gasteiger partial charge in [0.1, 0.15) is 6.67 Å². The highest BCUT2D eigenvalue weighted by atomic mass is 15.1. The van der Waals surface area contributed by atoms with E-state index in [4.69, 9.17) is 4.99 Å². The Kier molecular flexibility index (Phi) is 5.32. The minimum atomic E-state index is 0.481. The Morgan fingerprint density at radius 1 is 0.657 bits per heavy atom. The van der Waals surface area contributed by atoms with Crippen molar-refractivity contribution in [3.05, 3.63) is 133 Å². The van der Waals surface area contributed by atoms with Gasteiger partial charge < -0.3 is 9.13 Å². The van der Waals surface area contributed by atoms with Gasteiger partial charge in [0, 0.05) is 28.2 Å². The molecule has 4 heteroatoms. The monoisotopic (exact) mass is 452 g/mol. The minimum absolute atomic E-state index is 0.481. The summed E-state index contributed by atoms with van der Waals surface area (Å²) >= 11 is 0. The van der Waals surface area contributed by atoms with Crippen LogP contribution in [0.25, 0.3) is 27.5 Å². The second-order valence-electron chi connectivity index (χ2n) is 8.39. The van der Waals surface area contributed by atoms with Gasteiger partial charge in [-0.1, -0.05) is 84.9 Å². The maximum absolute atomic E-state index is 5.24. The molecule has 0 saturated carbocycles. The summed E-state index contributed by atoms with van der Waals surface area (Å²) < 4.78 is 4.42. The first-order valence-electron chi connectivity index (χ1n) is 11.6. The van der Waals surface area contributed by atoms with Crippen LogP contribution in [0.2, 0.25) is 0 Å². The molecule has 0 aliphatic rings. The van der Waals surface area contributed by atoms with Crippen molar-refractivity contribution in [2.45, 2.75) is 6.67 Å². The molecule has 0 aliphatic carbocycles. The number of aliphatic imine (C=N–C) groups is 2. The van der Waals surface area contributed by atoms with Crippen molar-refractivity contribution in [3.63, 3.8) is 0 Å². The van der Waals surface area contributed by atoms with Crippen LogP contribution < -0.4 is 0 Å². The molecule has 4 nitrogen and oxygen atoms in total. The van der Waals surface area contributed by atoms with Crippen molar-refractivity contribution in [2.24, 2.45) is 9.98 Å². The Balaban J connectivity index is 1.57. The first-order valence-corrected chi connectivity index (χ1v) is 11.6. The molecule has 168 valence electrons. The summed E-state index contributed by atoms with van der Waals surface area (Å²) in [5.74, 6) is 0. The molecule has 0 fully saturated rings. The van der Waals surface area contributed by atoms with Crippen LogP contribution in [0.5, 0.6) is 0 Å². The molecule has 2 aromatic heterocycles. The molecular formula is C31H24N4. The van der Waals surface area contributed by atoms with Gasteiger partial charge in [-0.05, 0) is 37.0 Å². The fraction of sp³-hybridized carbons (Fsp3) is 0.0323. The molecule has 0 bridgehead atoms. The van der Waals surface area contributed by atoms with E-state index in [1.54, 1.807) is 0 Å². The third-order valence-corrected chi connectivity index (χ3v) is 6.39. The number of benzene rings is 4. The molecule has 0 saturated heterocycles. The van der Waals surface area contributed by atoms with Crippen molar-refractivity contribution < 1.29 is 0 Å². The molecule has 4 aromatic carbocycles. The highest BCUT2D eigenvalue weighted by Gasteiger charge is 2.18. The Hall–Kier alpha value is -4.70. The predicted molar refractivity (Wildman–Crippen MR) is 147 cm³/mol. The summed E-state index contributed by atoms with van der Waals surface area (Å²) in [5.41, 5.74) is 7.04. The molecular weight excluding hydrogens is 428 g/mol. The summed E-state index contributed by atoms with van der Waals surface area (Å²) in [6, 6.07) is 39.6. The zero-order chi connectivity index (χ0) is 23.6. The van der Waals surface area contributed by atoms with E-state index in [1.165, 1.54) is 21.8 Å². The predicted octanol–water partition coefficient (Wildman–Crippen LogP) is 7.41. The zero-order valence-corrected chi connectivity index (χ0v) is 19.3. The fourth-order valence-electron chi connectivity index (χ4n) is 4.78. The Morgan fingerprint density at radius 2 is 1.23 bits per heavy atom. The van der Waals surface area contributed by atoms with Gasteiger partial charge in [-0.25, -0.2) is 0 Å². The third kappa shape index (κ3) is 3.65. The highest BCUT2D eigenvalue weighted by Crippen LogP contribution is 2.30. The van der Waals surface area contributed by atoms with E-state index in [-0.39, 0.29) is 0 Å². The number of rotatable bonds is 6. The van der Waals surface area contributed by atoms with Crippen LogP contribution >= 0.6 is 0 Å². The molecule has 0 aliphatic heterocycles. The molecule has 0 radical (unpaired) electrons. The van der Waals surface area contributed by atoms with E-state index < -0.39 is 0 Å². The average molecular weight is 453 g/mol. The fourth-order valence-corrected chi connectivity index (χ4v) is 4.78. The molecule has 6 rings (SSSR count). The maximum atomic E-state index is 5.24. The number of fused-ring (bicyclic) bond motifs is 3. The topological polar surface area (TPSA) is 34.6 Å². The van der Waals surface area contributed by atoms with Crippen molar-refractivity contribution >= 4 is 39.9 Å². The second-order valence-corrected chi connectivity index (χ2v) is 8.39. The average Bonchev–Trinajstić information content (AvgIpc) is 3.50. The number of para-hydroxylation sites is 3. The smallest absolute Gasteiger partial charge is 0.115 e. The van der Waals surface area contributed by atoms with Gasteiger partial charge in [0.25, 0.3) is 0 Å². The molecule has 0 amide bonds. The van der Waals surface area contributed by atoms with Crippen LogP contribution in [0.1, 0.15) is 11.3 Å². The summed E-state index contributed by atoms with van der Waals surface area (Å²) in [5, 5.41) is 2.47. The second kappa shape index (κ2) is 8.92. The molecule has 2 heterocycles. The number of hydrogen-bond acceptors (Lipinski definition) is 2. The molecule has 0 unspecified atom stereocenters. The lowest BCUT2D eigenvalue weighted by atomic mass is 10.1. The van der Waals surface area contributed by atoms with Gasteiger partial charge in [-0.2, -0.15) is 0 Å². The van der Waals surface area contributed by atoms with Gasteiger partial charge in [-0.3, -0.25) is 9.98 Å². The van der Waals surface area contributed by atoms with Crippen LogP contribution in [0, 0.1) is 0 Å². The van der Waals surface area contributed by atoms with E-state index in [9.17, 15) is 0 Å². The standard InChI is InChI=1S/C31H24N4/c1-32-27-20-21-34(24-14-6-3-7-15-24)31(27)30(23-12-4-2-5-13-23)33-22-35-28-18-10-8-16-25(28)26-17-9-11-19-29(26)35/h2-21H,1,22H2/b33-30-. The van der Waals surface area contributed by atoms with Gasteiger partial charge in [0.05, 0.1) is 28.1 Å². The van der Waals surface area contributed by atoms with Gasteiger partial charge in [0.2, 0.25) is 0 Å². The van der Waals surface area contributed by atoms with Gasteiger partial charge in [0.15, 0.2) is 0 Å². The lowest BCUT2D eigenvalue weighted by Crippen LogP contribution is -2.12. The van der Waals surface area contributed by atoms with Gasteiger partial charge >= 0.3 is 0 Å². The number of nitrogens with zero attached hydrogens (tertiary/aromatic N) is 4. The molecule has 0 N–H and O–H groups in total. The molecule has 0 atom stereocenters. The Morgan fingerprint density at radius 3 is 1.86 bits per heavy atom. The lowest BCUT2D eigenvalue weighted by Gasteiger charge is -2.14. The maximum Gasteiger partial charge on any atom is 0.115 e. The summed E-state index contributed by atoms with van der Waals surface area (Å²) in [4.78, 5) is 9.59. The van der Waals surface area contributed by atoms with Crippen molar-refractivity contribution in [1.82, 2.24) is 9.13 Å². The Bertz CT molecular complexity index is 1620. The van der Waals surface area contributed by atoms with Crippen LogP contribution in [0.4, 0.5) is 5.69 Å². The van der Waals surface area contributed by atoms with E-state index in [1.807, 2.05) is 48.7 Å². The highest BCUT2D eigenvalue weighted by molar-refractivity contribution is 6.15. The Labute approximate surface area is 204 Å². The summed E-state index contributed by atoms with van der Waals surface area (Å²) in [6.45, 7) is 4.32. The lowest BCUT2D eigenvalue weighted by molar-refractivity contribution is 0.792. The SMILES string of the molecule is C=Nc1ccn(-c2ccccc2)c1/C(=N\Cn1c2ccccc2c2ccccc21)c1ccccc1. The van der Waals surface area contributed by atoms with Gasteiger partial charge in [-0.15, -0.1) is 0 Å². The molecule has 35 heavy (non-hydrogen) atoms. The summed E-state index contributed by atoms with van der Waals surface area (Å²) in [7, 11) is 0. The largest absolute Gasteiger partial charge is 0.320 e. The molecule has 0 spiro atoms. The van der Waals surface area contributed by atoms with Crippen LogP contribution in [0.3, 0.4) is 0 Å². The first-order chi connectivity index (χ1) is 17.3. The quantitative estimate of drug-likeness (QED) is 0.236. The van der Waals surface area contributed by atoms with E-state index in [0.29, 0.717) is 6.67 Å². The summed E-state index contributed by atoms with van der Waals surface area (Å²) in [6.07, 6.45) is 2.04. The van der Waals surface area contributed by atoms with E-state index in [0.717, 1.165) is 28.3 Å². The first kappa shape index (κ1) is 20.9. The third-order valence-electron chi connectivity index (χ3n) is 6.39. The van der Waals surface area contributed by atoms with E-state index in [2.05, 4.69) is 93.6 Å². The normalized spacial score (nSPS) is 11.8. The van der Waals surface area contributed by atoms with Crippen LogP contribution in [-0.4, -0.2) is 21.6 Å². The number of hydrogen-bond donors (Lipinski definition) is 0. The van der Waals surface area contributed by atoms with Crippen LogP contribution in [0.15, 0.2) is 131 Å². The van der Waals surface area contributed by atoms with Crippen molar-refractivity contribution in [2.75, 3.05) is 0 Å².